The Morgan fingerprint density at radius 2 is 1.93 bits per heavy atom. The third kappa shape index (κ3) is 4.44. The van der Waals surface area contributed by atoms with Crippen LogP contribution in [0.5, 0.6) is 0 Å². The predicted octanol–water partition coefficient (Wildman–Crippen LogP) is 4.41. The highest BCUT2D eigenvalue weighted by Gasteiger charge is 2.22. The average Bonchev–Trinajstić information content (AvgIpc) is 3.41. The molecule has 0 aliphatic rings. The molecule has 0 aliphatic heterocycles. The second-order valence-corrected chi connectivity index (χ2v) is 8.08. The molecule has 1 N–H and O–H groups in total. The number of hydrogen-bond acceptors (Lipinski definition) is 6. The first-order valence-electron chi connectivity index (χ1n) is 9.51. The number of aryl methyl sites for hydroxylation is 1. The first kappa shape index (κ1) is 19.9. The first-order valence-corrected chi connectivity index (χ1v) is 10.4. The Balaban J connectivity index is 1.58. The van der Waals surface area contributed by atoms with E-state index in [-0.39, 0.29) is 11.2 Å². The summed E-state index contributed by atoms with van der Waals surface area (Å²) < 4.78 is 7.47. The maximum Gasteiger partial charge on any atom is 0.237 e. The molecular formula is C22H21N5O2S. The third-order valence-electron chi connectivity index (χ3n) is 4.60. The fourth-order valence-electron chi connectivity index (χ4n) is 2.95. The molecule has 3 aromatic heterocycles. The van der Waals surface area contributed by atoms with Gasteiger partial charge in [0.1, 0.15) is 5.76 Å². The van der Waals surface area contributed by atoms with E-state index < -0.39 is 0 Å². The van der Waals surface area contributed by atoms with Crippen LogP contribution in [0.4, 0.5) is 5.69 Å². The van der Waals surface area contributed by atoms with E-state index in [9.17, 15) is 4.79 Å². The van der Waals surface area contributed by atoms with Crippen LogP contribution >= 0.6 is 11.8 Å². The molecule has 0 fully saturated rings. The summed E-state index contributed by atoms with van der Waals surface area (Å²) in [5.74, 6) is 1.39. The van der Waals surface area contributed by atoms with Crippen molar-refractivity contribution in [1.29, 1.82) is 0 Å². The van der Waals surface area contributed by atoms with Crippen LogP contribution in [0, 0.1) is 6.92 Å². The van der Waals surface area contributed by atoms with Crippen LogP contribution in [0.3, 0.4) is 0 Å². The Morgan fingerprint density at radius 1 is 1.13 bits per heavy atom. The SMILES string of the molecule is Cc1ccccc1NC(=O)[C@@H](C)Sc1nnc(-c2ccncc2)n1Cc1ccco1. The van der Waals surface area contributed by atoms with Crippen molar-refractivity contribution < 1.29 is 9.21 Å². The standard InChI is InChI=1S/C22H21N5O2S/c1-15-6-3-4-8-19(15)24-21(28)16(2)30-22-26-25-20(17-9-11-23-12-10-17)27(22)14-18-7-5-13-29-18/h3-13,16H,14H2,1-2H3,(H,24,28)/t16-/m1/s1. The molecule has 4 rings (SSSR count). The van der Waals surface area contributed by atoms with Crippen LogP contribution in [0.2, 0.25) is 0 Å². The van der Waals surface area contributed by atoms with Gasteiger partial charge in [0, 0.05) is 23.6 Å². The largest absolute Gasteiger partial charge is 0.467 e. The number of aromatic nitrogens is 4. The van der Waals surface area contributed by atoms with Crippen molar-refractivity contribution in [3.05, 3.63) is 78.5 Å². The predicted molar refractivity (Wildman–Crippen MR) is 116 cm³/mol. The van der Waals surface area contributed by atoms with E-state index >= 15 is 0 Å². The zero-order chi connectivity index (χ0) is 20.9. The molecule has 0 bridgehead atoms. The number of para-hydroxylation sites is 1. The lowest BCUT2D eigenvalue weighted by molar-refractivity contribution is -0.115. The maximum absolute atomic E-state index is 12.8. The summed E-state index contributed by atoms with van der Waals surface area (Å²) in [7, 11) is 0. The minimum absolute atomic E-state index is 0.0905. The number of nitrogens with one attached hydrogen (secondary N) is 1. The lowest BCUT2D eigenvalue weighted by Gasteiger charge is -2.14. The van der Waals surface area contributed by atoms with Crippen molar-refractivity contribution in [2.24, 2.45) is 0 Å². The molecule has 4 aromatic rings. The summed E-state index contributed by atoms with van der Waals surface area (Å²) in [6.07, 6.45) is 5.07. The molecule has 1 atom stereocenters. The van der Waals surface area contributed by atoms with Gasteiger partial charge in [0.15, 0.2) is 11.0 Å². The van der Waals surface area contributed by atoms with Gasteiger partial charge in [-0.1, -0.05) is 30.0 Å². The number of amides is 1. The second-order valence-electron chi connectivity index (χ2n) is 6.77. The molecule has 1 amide bonds. The summed E-state index contributed by atoms with van der Waals surface area (Å²) in [5.41, 5.74) is 2.72. The molecular weight excluding hydrogens is 398 g/mol. The lowest BCUT2D eigenvalue weighted by Crippen LogP contribution is -2.23. The number of hydrogen-bond donors (Lipinski definition) is 1. The number of benzene rings is 1. The monoisotopic (exact) mass is 419 g/mol. The molecule has 0 radical (unpaired) electrons. The number of furan rings is 1. The van der Waals surface area contributed by atoms with Crippen molar-refractivity contribution in [3.63, 3.8) is 0 Å². The van der Waals surface area contributed by atoms with Crippen LogP contribution in [-0.2, 0) is 11.3 Å². The van der Waals surface area contributed by atoms with Gasteiger partial charge in [-0.15, -0.1) is 10.2 Å². The van der Waals surface area contributed by atoms with Crippen molar-refractivity contribution in [1.82, 2.24) is 19.7 Å². The molecule has 8 heteroatoms. The Morgan fingerprint density at radius 3 is 2.67 bits per heavy atom. The van der Waals surface area contributed by atoms with E-state index in [1.54, 1.807) is 18.7 Å². The minimum Gasteiger partial charge on any atom is -0.467 e. The van der Waals surface area contributed by atoms with Crippen molar-refractivity contribution in [2.45, 2.75) is 30.8 Å². The topological polar surface area (TPSA) is 85.8 Å². The molecule has 0 spiro atoms. The van der Waals surface area contributed by atoms with Gasteiger partial charge in [-0.25, -0.2) is 0 Å². The number of carbonyl (C=O) groups is 1. The summed E-state index contributed by atoms with van der Waals surface area (Å²) in [5, 5.41) is 12.0. The summed E-state index contributed by atoms with van der Waals surface area (Å²) in [6, 6.07) is 15.2. The smallest absolute Gasteiger partial charge is 0.237 e. The molecule has 0 unspecified atom stereocenters. The fourth-order valence-corrected chi connectivity index (χ4v) is 3.80. The van der Waals surface area contributed by atoms with Crippen molar-refractivity contribution in [3.8, 4) is 11.4 Å². The Bertz CT molecular complexity index is 1130. The zero-order valence-corrected chi connectivity index (χ0v) is 17.5. The summed E-state index contributed by atoms with van der Waals surface area (Å²) in [4.78, 5) is 16.8. The quantitative estimate of drug-likeness (QED) is 0.447. The highest BCUT2D eigenvalue weighted by molar-refractivity contribution is 8.00. The van der Waals surface area contributed by atoms with Crippen LogP contribution in [0.1, 0.15) is 18.2 Å². The van der Waals surface area contributed by atoms with Crippen LogP contribution in [0.25, 0.3) is 11.4 Å². The van der Waals surface area contributed by atoms with Gasteiger partial charge in [0.2, 0.25) is 5.91 Å². The van der Waals surface area contributed by atoms with Crippen LogP contribution < -0.4 is 5.32 Å². The molecule has 3 heterocycles. The number of pyridine rings is 1. The first-order chi connectivity index (χ1) is 14.6. The summed E-state index contributed by atoms with van der Waals surface area (Å²) in [6.45, 7) is 4.29. The zero-order valence-electron chi connectivity index (χ0n) is 16.6. The van der Waals surface area contributed by atoms with Gasteiger partial charge in [0.05, 0.1) is 18.1 Å². The van der Waals surface area contributed by atoms with Crippen LogP contribution in [-0.4, -0.2) is 30.9 Å². The fraction of sp³-hybridized carbons (Fsp3) is 0.182. The van der Waals surface area contributed by atoms with Crippen molar-refractivity contribution >= 4 is 23.4 Å². The lowest BCUT2D eigenvalue weighted by atomic mass is 10.2. The number of anilines is 1. The van der Waals surface area contributed by atoms with E-state index in [4.69, 9.17) is 4.42 Å². The molecule has 30 heavy (non-hydrogen) atoms. The van der Waals surface area contributed by atoms with Gasteiger partial charge in [-0.2, -0.15) is 0 Å². The normalized spacial score (nSPS) is 11.9. The Kier molecular flexibility index (Phi) is 5.94. The third-order valence-corrected chi connectivity index (χ3v) is 5.68. The minimum atomic E-state index is -0.366. The van der Waals surface area contributed by atoms with Gasteiger partial charge >= 0.3 is 0 Å². The van der Waals surface area contributed by atoms with Crippen molar-refractivity contribution in [2.75, 3.05) is 5.32 Å². The van der Waals surface area contributed by atoms with Gasteiger partial charge in [-0.05, 0) is 49.7 Å². The van der Waals surface area contributed by atoms with E-state index in [2.05, 4.69) is 20.5 Å². The van der Waals surface area contributed by atoms with Gasteiger partial charge in [0.25, 0.3) is 0 Å². The number of carbonyl (C=O) groups excluding carboxylic acids is 1. The number of nitrogens with zero attached hydrogens (tertiary/aromatic N) is 4. The molecule has 0 saturated heterocycles. The van der Waals surface area contributed by atoms with Gasteiger partial charge < -0.3 is 9.73 Å². The molecule has 7 nitrogen and oxygen atoms in total. The number of thioether (sulfide) groups is 1. The van der Waals surface area contributed by atoms with Gasteiger partial charge in [-0.3, -0.25) is 14.3 Å². The van der Waals surface area contributed by atoms with E-state index in [0.29, 0.717) is 17.5 Å². The van der Waals surface area contributed by atoms with Crippen LogP contribution in [0.15, 0.2) is 76.8 Å². The Hall–Kier alpha value is -3.39. The number of rotatable bonds is 7. The van der Waals surface area contributed by atoms with E-state index in [1.165, 1.54) is 11.8 Å². The Labute approximate surface area is 178 Å². The highest BCUT2D eigenvalue weighted by atomic mass is 32.2. The van der Waals surface area contributed by atoms with E-state index in [0.717, 1.165) is 22.6 Å². The molecule has 152 valence electrons. The highest BCUT2D eigenvalue weighted by Crippen LogP contribution is 2.28. The molecule has 1 aromatic carbocycles. The maximum atomic E-state index is 12.8. The molecule has 0 saturated carbocycles. The van der Waals surface area contributed by atoms with E-state index in [1.807, 2.05) is 66.9 Å². The summed E-state index contributed by atoms with van der Waals surface area (Å²) >= 11 is 1.36. The second kappa shape index (κ2) is 8.96. The molecule has 0 aliphatic carbocycles. The average molecular weight is 420 g/mol.